The van der Waals surface area contributed by atoms with E-state index in [1.165, 1.54) is 6.07 Å². The molecule has 22 heavy (non-hydrogen) atoms. The fourth-order valence-electron chi connectivity index (χ4n) is 3.43. The summed E-state index contributed by atoms with van der Waals surface area (Å²) in [6, 6.07) is 5.01. The van der Waals surface area contributed by atoms with Gasteiger partial charge < -0.3 is 0 Å². The predicted molar refractivity (Wildman–Crippen MR) is 80.6 cm³/mol. The van der Waals surface area contributed by atoms with Crippen LogP contribution in [0.5, 0.6) is 0 Å². The Morgan fingerprint density at radius 2 is 2.18 bits per heavy atom. The summed E-state index contributed by atoms with van der Waals surface area (Å²) in [5.41, 5.74) is 1.27. The number of hydrogen-bond acceptors (Lipinski definition) is 4. The lowest BCUT2D eigenvalue weighted by Gasteiger charge is -2.34. The molecule has 118 valence electrons. The van der Waals surface area contributed by atoms with Crippen LogP contribution in [0.2, 0.25) is 0 Å². The Morgan fingerprint density at radius 3 is 2.82 bits per heavy atom. The molecular formula is C14H18N3O4P. The second kappa shape index (κ2) is 4.38. The van der Waals surface area contributed by atoms with E-state index in [1.54, 1.807) is 6.07 Å². The first-order chi connectivity index (χ1) is 10.3. The first-order valence-electron chi connectivity index (χ1n) is 7.41. The summed E-state index contributed by atoms with van der Waals surface area (Å²) >= 11 is 0. The number of nitro benzene ring substituents is 1. The molecule has 0 radical (unpaired) electrons. The largest absolute Gasteiger partial charge is 0.347 e. The van der Waals surface area contributed by atoms with E-state index in [4.69, 9.17) is 4.52 Å². The van der Waals surface area contributed by atoms with Gasteiger partial charge in [-0.1, -0.05) is 12.1 Å². The van der Waals surface area contributed by atoms with Crippen LogP contribution in [0.4, 0.5) is 5.69 Å². The molecule has 0 bridgehead atoms. The monoisotopic (exact) mass is 323 g/mol. The van der Waals surface area contributed by atoms with E-state index in [-0.39, 0.29) is 16.1 Å². The molecule has 0 spiro atoms. The highest BCUT2D eigenvalue weighted by atomic mass is 31.2. The summed E-state index contributed by atoms with van der Waals surface area (Å²) in [5.74, 6) is 0. The van der Waals surface area contributed by atoms with Gasteiger partial charge in [-0.3, -0.25) is 19.2 Å². The molecule has 0 amide bonds. The van der Waals surface area contributed by atoms with Crippen LogP contribution in [0.25, 0.3) is 0 Å². The lowest BCUT2D eigenvalue weighted by Crippen LogP contribution is -2.28. The molecule has 1 aromatic rings. The van der Waals surface area contributed by atoms with Crippen LogP contribution in [0.15, 0.2) is 18.2 Å². The summed E-state index contributed by atoms with van der Waals surface area (Å²) in [6.07, 6.45) is 0.146. The molecule has 8 heteroatoms. The number of fused-ring (bicyclic) bond motifs is 1. The zero-order valence-corrected chi connectivity index (χ0v) is 13.5. The van der Waals surface area contributed by atoms with Gasteiger partial charge in [0, 0.05) is 31.2 Å². The van der Waals surface area contributed by atoms with Gasteiger partial charge in [-0.15, -0.1) is 0 Å². The third-order valence-corrected chi connectivity index (χ3v) is 7.68. The maximum atomic E-state index is 13.2. The van der Waals surface area contributed by atoms with Crippen molar-refractivity contribution in [2.24, 2.45) is 0 Å². The number of aryl methyl sites for hydroxylation is 1. The van der Waals surface area contributed by atoms with Gasteiger partial charge in [-0.05, 0) is 25.8 Å². The topological polar surface area (TPSA) is 75.5 Å². The summed E-state index contributed by atoms with van der Waals surface area (Å²) < 4.78 is 23.0. The number of rotatable bonds is 3. The predicted octanol–water partition coefficient (Wildman–Crippen LogP) is 2.86. The van der Waals surface area contributed by atoms with E-state index >= 15 is 0 Å². The minimum absolute atomic E-state index is 0.0556. The van der Waals surface area contributed by atoms with Gasteiger partial charge in [0.25, 0.3) is 5.69 Å². The third-order valence-electron chi connectivity index (χ3n) is 4.81. The molecule has 4 unspecified atom stereocenters. The molecule has 3 fully saturated rings. The average Bonchev–Trinajstić information content (AvgIpc) is 3.31. The van der Waals surface area contributed by atoms with E-state index < -0.39 is 13.8 Å². The number of benzene rings is 1. The number of nitrogens with zero attached hydrogens (tertiary/aromatic N) is 3. The van der Waals surface area contributed by atoms with E-state index in [2.05, 4.69) is 6.92 Å². The second-order valence-corrected chi connectivity index (χ2v) is 8.80. The van der Waals surface area contributed by atoms with Crippen LogP contribution >= 0.6 is 7.67 Å². The number of nitro groups is 1. The molecule has 4 rings (SSSR count). The highest BCUT2D eigenvalue weighted by Gasteiger charge is 2.66. The maximum absolute atomic E-state index is 13.2. The summed E-state index contributed by atoms with van der Waals surface area (Å²) in [6.45, 7) is 6.17. The third kappa shape index (κ3) is 1.97. The first-order valence-corrected chi connectivity index (χ1v) is 8.94. The second-order valence-electron chi connectivity index (χ2n) is 6.56. The van der Waals surface area contributed by atoms with Crippen molar-refractivity contribution in [1.29, 1.82) is 0 Å². The average molecular weight is 323 g/mol. The molecule has 3 aliphatic heterocycles. The minimum atomic E-state index is -3.00. The minimum Gasteiger partial charge on any atom is -0.297 e. The standard InChI is InChI=1S/C14H18N3O4P/c1-10-4-3-5-11(17(18)19)13(10)12-8-14(2)9-16(14)22(20,21-12)15-6-7-15/h3-5,12H,6-9H2,1-2H3. The zero-order valence-electron chi connectivity index (χ0n) is 12.6. The van der Waals surface area contributed by atoms with E-state index in [0.29, 0.717) is 12.0 Å². The van der Waals surface area contributed by atoms with E-state index in [0.717, 1.165) is 25.2 Å². The molecule has 0 N–H and O–H groups in total. The molecule has 4 atom stereocenters. The van der Waals surface area contributed by atoms with Gasteiger partial charge in [0.15, 0.2) is 0 Å². The molecule has 3 aliphatic rings. The van der Waals surface area contributed by atoms with E-state index in [1.807, 2.05) is 22.3 Å². The maximum Gasteiger partial charge on any atom is 0.347 e. The van der Waals surface area contributed by atoms with Gasteiger partial charge in [-0.2, -0.15) is 0 Å². The Labute approximate surface area is 128 Å². The summed E-state index contributed by atoms with van der Waals surface area (Å²) in [4.78, 5) is 11.0. The Hall–Kier alpha value is -1.27. The molecule has 7 nitrogen and oxygen atoms in total. The molecule has 1 aromatic carbocycles. The smallest absolute Gasteiger partial charge is 0.297 e. The fraction of sp³-hybridized carbons (Fsp3) is 0.571. The SMILES string of the molecule is Cc1cccc([N+](=O)[O-])c1C1CC2(C)CN2P(=O)(N2CC2)O1. The van der Waals surface area contributed by atoms with Crippen molar-refractivity contribution in [3.05, 3.63) is 39.4 Å². The fourth-order valence-corrected chi connectivity index (χ4v) is 6.26. The van der Waals surface area contributed by atoms with Gasteiger partial charge in [0.2, 0.25) is 0 Å². The van der Waals surface area contributed by atoms with Crippen molar-refractivity contribution in [2.45, 2.75) is 31.9 Å². The molecule has 3 heterocycles. The highest BCUT2D eigenvalue weighted by molar-refractivity contribution is 7.54. The first kappa shape index (κ1) is 14.3. The van der Waals surface area contributed by atoms with Gasteiger partial charge >= 0.3 is 7.67 Å². The van der Waals surface area contributed by atoms with Crippen molar-refractivity contribution in [2.75, 3.05) is 19.6 Å². The Balaban J connectivity index is 1.77. The molecule has 0 aliphatic carbocycles. The zero-order chi connectivity index (χ0) is 15.7. The molecule has 3 saturated heterocycles. The normalized spacial score (nSPS) is 40.1. The summed E-state index contributed by atoms with van der Waals surface area (Å²) in [7, 11) is -3.00. The Kier molecular flexibility index (Phi) is 2.86. The highest BCUT2D eigenvalue weighted by Crippen LogP contribution is 2.73. The van der Waals surface area contributed by atoms with Crippen LogP contribution in [0.1, 0.15) is 30.6 Å². The molecular weight excluding hydrogens is 305 g/mol. The molecule has 0 aromatic heterocycles. The van der Waals surface area contributed by atoms with Crippen LogP contribution in [0, 0.1) is 17.0 Å². The van der Waals surface area contributed by atoms with Crippen molar-refractivity contribution in [3.8, 4) is 0 Å². The van der Waals surface area contributed by atoms with Gasteiger partial charge in [0.05, 0.1) is 10.5 Å². The van der Waals surface area contributed by atoms with Crippen LogP contribution < -0.4 is 0 Å². The van der Waals surface area contributed by atoms with Crippen LogP contribution in [-0.4, -0.2) is 39.4 Å². The quantitative estimate of drug-likeness (QED) is 0.368. The van der Waals surface area contributed by atoms with Crippen molar-refractivity contribution in [3.63, 3.8) is 0 Å². The lowest BCUT2D eigenvalue weighted by molar-refractivity contribution is -0.386. The van der Waals surface area contributed by atoms with E-state index in [9.17, 15) is 14.7 Å². The van der Waals surface area contributed by atoms with Crippen molar-refractivity contribution < 1.29 is 14.0 Å². The Morgan fingerprint density at radius 1 is 1.45 bits per heavy atom. The number of hydrogen-bond donors (Lipinski definition) is 0. The van der Waals surface area contributed by atoms with Crippen molar-refractivity contribution >= 4 is 13.4 Å². The molecule has 0 saturated carbocycles. The van der Waals surface area contributed by atoms with Crippen LogP contribution in [-0.2, 0) is 9.09 Å². The van der Waals surface area contributed by atoms with Gasteiger partial charge in [-0.25, -0.2) is 9.34 Å². The lowest BCUT2D eigenvalue weighted by atomic mass is 9.94. The Bertz CT molecular complexity index is 720. The van der Waals surface area contributed by atoms with Crippen LogP contribution in [0.3, 0.4) is 0 Å². The summed E-state index contributed by atoms with van der Waals surface area (Å²) in [5, 5.41) is 11.4. The van der Waals surface area contributed by atoms with Gasteiger partial charge in [0.1, 0.15) is 6.10 Å². The van der Waals surface area contributed by atoms with Crippen molar-refractivity contribution in [1.82, 2.24) is 9.34 Å².